The molecular weight excluding hydrogens is 304 g/mol. The summed E-state index contributed by atoms with van der Waals surface area (Å²) in [6.45, 7) is 2.13. The molecule has 5 nitrogen and oxygen atoms in total. The smallest absolute Gasteiger partial charge is 0.229 e. The lowest BCUT2D eigenvalue weighted by atomic mass is 10.0. The van der Waals surface area contributed by atoms with Crippen LogP contribution in [0.2, 0.25) is 0 Å². The number of aliphatic hydroxyl groups excluding tert-OH is 1. The highest BCUT2D eigenvalue weighted by molar-refractivity contribution is 5.41. The van der Waals surface area contributed by atoms with Gasteiger partial charge in [-0.3, -0.25) is 0 Å². The number of β-amino-alcohol motifs (C(OH)–C–C–N with tert-alkyl or cyclic N) is 1. The summed E-state index contributed by atoms with van der Waals surface area (Å²) in [4.78, 5) is 10.5. The van der Waals surface area contributed by atoms with Crippen molar-refractivity contribution in [2.45, 2.75) is 25.5 Å². The van der Waals surface area contributed by atoms with Crippen molar-refractivity contribution in [3.05, 3.63) is 47.2 Å². The molecule has 0 saturated carbocycles. The molecular formula is C16H17F2N3O2. The highest BCUT2D eigenvalue weighted by Crippen LogP contribution is 2.35. The Morgan fingerprint density at radius 3 is 2.70 bits per heavy atom. The van der Waals surface area contributed by atoms with Crippen LogP contribution >= 0.6 is 0 Å². The van der Waals surface area contributed by atoms with E-state index in [1.54, 1.807) is 11.0 Å². The summed E-state index contributed by atoms with van der Waals surface area (Å²) in [7, 11) is 1.51. The van der Waals surface area contributed by atoms with Gasteiger partial charge in [-0.05, 0) is 31.0 Å². The molecule has 1 aromatic heterocycles. The molecule has 122 valence electrons. The van der Waals surface area contributed by atoms with Gasteiger partial charge in [0, 0.05) is 18.3 Å². The van der Waals surface area contributed by atoms with Crippen LogP contribution in [-0.2, 0) is 0 Å². The minimum atomic E-state index is -0.911. The quantitative estimate of drug-likeness (QED) is 0.940. The SMILES string of the molecule is COc1cc(C)nc(N2CC(O)CC2c2ccc(F)c(F)c2)n1. The molecule has 2 unspecified atom stereocenters. The topological polar surface area (TPSA) is 58.5 Å². The summed E-state index contributed by atoms with van der Waals surface area (Å²) in [6.07, 6.45) is -0.201. The average Bonchev–Trinajstić information content (AvgIpc) is 2.91. The zero-order valence-corrected chi connectivity index (χ0v) is 12.8. The minimum Gasteiger partial charge on any atom is -0.481 e. The summed E-state index contributed by atoms with van der Waals surface area (Å²) >= 11 is 0. The van der Waals surface area contributed by atoms with E-state index < -0.39 is 17.7 Å². The van der Waals surface area contributed by atoms with E-state index in [0.29, 0.717) is 30.4 Å². The monoisotopic (exact) mass is 321 g/mol. The molecule has 0 radical (unpaired) electrons. The normalized spacial score (nSPS) is 20.8. The maximum Gasteiger partial charge on any atom is 0.229 e. The van der Waals surface area contributed by atoms with Gasteiger partial charge in [0.05, 0.1) is 19.3 Å². The molecule has 1 fully saturated rings. The Morgan fingerprint density at radius 2 is 2.00 bits per heavy atom. The van der Waals surface area contributed by atoms with Crippen LogP contribution < -0.4 is 9.64 Å². The van der Waals surface area contributed by atoms with Crippen LogP contribution in [0, 0.1) is 18.6 Å². The first-order valence-corrected chi connectivity index (χ1v) is 7.27. The molecule has 0 aliphatic carbocycles. The Kier molecular flexibility index (Phi) is 4.12. The number of anilines is 1. The van der Waals surface area contributed by atoms with Gasteiger partial charge < -0.3 is 14.7 Å². The molecule has 0 spiro atoms. The molecule has 7 heteroatoms. The molecule has 1 saturated heterocycles. The number of halogens is 2. The molecule has 1 N–H and O–H groups in total. The Morgan fingerprint density at radius 1 is 1.22 bits per heavy atom. The van der Waals surface area contributed by atoms with Crippen molar-refractivity contribution in [3.63, 3.8) is 0 Å². The molecule has 1 aliphatic rings. The van der Waals surface area contributed by atoms with Crippen LogP contribution in [0.15, 0.2) is 24.3 Å². The van der Waals surface area contributed by atoms with Gasteiger partial charge in [0.2, 0.25) is 11.8 Å². The fraction of sp³-hybridized carbons (Fsp3) is 0.375. The first kappa shape index (κ1) is 15.6. The Labute approximate surface area is 132 Å². The van der Waals surface area contributed by atoms with E-state index in [9.17, 15) is 13.9 Å². The van der Waals surface area contributed by atoms with Crippen molar-refractivity contribution in [1.29, 1.82) is 0 Å². The van der Waals surface area contributed by atoms with Crippen molar-refractivity contribution < 1.29 is 18.6 Å². The van der Waals surface area contributed by atoms with Gasteiger partial charge in [0.1, 0.15) is 0 Å². The van der Waals surface area contributed by atoms with Crippen molar-refractivity contribution in [2.75, 3.05) is 18.6 Å². The fourth-order valence-corrected chi connectivity index (χ4v) is 2.83. The lowest BCUT2D eigenvalue weighted by Gasteiger charge is -2.25. The second-order valence-corrected chi connectivity index (χ2v) is 5.58. The average molecular weight is 321 g/mol. The van der Waals surface area contributed by atoms with E-state index in [1.807, 2.05) is 6.92 Å². The summed E-state index contributed by atoms with van der Waals surface area (Å²) in [5, 5.41) is 10.0. The van der Waals surface area contributed by atoms with Crippen molar-refractivity contribution >= 4 is 5.95 Å². The predicted octanol–water partition coefficient (Wildman–Crippen LogP) is 2.38. The van der Waals surface area contributed by atoms with E-state index in [1.165, 1.54) is 13.2 Å². The molecule has 0 bridgehead atoms. The van der Waals surface area contributed by atoms with Gasteiger partial charge in [0.25, 0.3) is 0 Å². The van der Waals surface area contributed by atoms with E-state index in [0.717, 1.165) is 17.8 Å². The van der Waals surface area contributed by atoms with Crippen molar-refractivity contribution in [1.82, 2.24) is 9.97 Å². The Balaban J connectivity index is 1.99. The summed E-state index contributed by atoms with van der Waals surface area (Å²) in [5.74, 6) is -0.995. The Bertz CT molecular complexity index is 726. The molecule has 1 aromatic carbocycles. The van der Waals surface area contributed by atoms with Gasteiger partial charge >= 0.3 is 0 Å². The third-order valence-corrected chi connectivity index (χ3v) is 3.89. The fourth-order valence-electron chi connectivity index (χ4n) is 2.83. The first-order chi connectivity index (χ1) is 11.0. The van der Waals surface area contributed by atoms with Gasteiger partial charge in [-0.25, -0.2) is 13.8 Å². The van der Waals surface area contributed by atoms with Gasteiger partial charge in [-0.2, -0.15) is 4.98 Å². The predicted molar refractivity (Wildman–Crippen MR) is 80.4 cm³/mol. The molecule has 23 heavy (non-hydrogen) atoms. The summed E-state index contributed by atoms with van der Waals surface area (Å²) in [5.41, 5.74) is 1.29. The standard InChI is InChI=1S/C16H17F2N3O2/c1-9-5-15(23-2)20-16(19-9)21-8-11(22)7-14(21)10-3-4-12(17)13(18)6-10/h3-6,11,14,22H,7-8H2,1-2H3. The zero-order valence-electron chi connectivity index (χ0n) is 12.8. The highest BCUT2D eigenvalue weighted by Gasteiger charge is 2.34. The lowest BCUT2D eigenvalue weighted by Crippen LogP contribution is -2.26. The van der Waals surface area contributed by atoms with E-state index in [4.69, 9.17) is 4.74 Å². The van der Waals surface area contributed by atoms with Crippen LogP contribution in [0.1, 0.15) is 23.7 Å². The molecule has 2 heterocycles. The lowest BCUT2D eigenvalue weighted by molar-refractivity contribution is 0.194. The van der Waals surface area contributed by atoms with E-state index in [-0.39, 0.29) is 6.04 Å². The summed E-state index contributed by atoms with van der Waals surface area (Å²) in [6, 6.07) is 5.12. The van der Waals surface area contributed by atoms with Gasteiger partial charge in [-0.15, -0.1) is 0 Å². The number of aryl methyl sites for hydroxylation is 1. The molecule has 3 rings (SSSR count). The highest BCUT2D eigenvalue weighted by atomic mass is 19.2. The third kappa shape index (κ3) is 3.10. The van der Waals surface area contributed by atoms with Crippen LogP contribution in [0.4, 0.5) is 14.7 Å². The molecule has 2 aromatic rings. The molecule has 2 atom stereocenters. The van der Waals surface area contributed by atoms with Crippen molar-refractivity contribution in [2.24, 2.45) is 0 Å². The van der Waals surface area contributed by atoms with Gasteiger partial charge in [0.15, 0.2) is 11.6 Å². The number of aliphatic hydroxyl groups is 1. The van der Waals surface area contributed by atoms with Crippen LogP contribution in [-0.4, -0.2) is 34.8 Å². The Hall–Kier alpha value is -2.28. The number of hydrogen-bond donors (Lipinski definition) is 1. The first-order valence-electron chi connectivity index (χ1n) is 7.27. The molecule has 0 amide bonds. The minimum absolute atomic E-state index is 0.316. The maximum absolute atomic E-state index is 13.5. The van der Waals surface area contributed by atoms with Crippen LogP contribution in [0.3, 0.4) is 0 Å². The van der Waals surface area contributed by atoms with Crippen LogP contribution in [0.5, 0.6) is 5.88 Å². The third-order valence-electron chi connectivity index (χ3n) is 3.89. The van der Waals surface area contributed by atoms with E-state index >= 15 is 0 Å². The van der Waals surface area contributed by atoms with Crippen molar-refractivity contribution in [3.8, 4) is 5.88 Å². The molecule has 1 aliphatic heterocycles. The number of hydrogen-bond acceptors (Lipinski definition) is 5. The van der Waals surface area contributed by atoms with Gasteiger partial charge in [-0.1, -0.05) is 6.07 Å². The number of methoxy groups -OCH3 is 1. The second-order valence-electron chi connectivity index (χ2n) is 5.58. The number of benzene rings is 1. The van der Waals surface area contributed by atoms with Crippen LogP contribution in [0.25, 0.3) is 0 Å². The maximum atomic E-state index is 13.5. The number of rotatable bonds is 3. The number of ether oxygens (including phenoxy) is 1. The second kappa shape index (κ2) is 6.08. The summed E-state index contributed by atoms with van der Waals surface area (Å²) < 4.78 is 31.8. The van der Waals surface area contributed by atoms with E-state index in [2.05, 4.69) is 9.97 Å². The number of nitrogens with zero attached hydrogens (tertiary/aromatic N) is 3. The zero-order chi connectivity index (χ0) is 16.6. The number of aromatic nitrogens is 2. The largest absolute Gasteiger partial charge is 0.481 e.